The highest BCUT2D eigenvalue weighted by Crippen LogP contribution is 2.42. The third-order valence-corrected chi connectivity index (χ3v) is 5.47. The number of nitrogens with one attached hydrogen (secondary N) is 1. The van der Waals surface area contributed by atoms with Crippen molar-refractivity contribution in [3.63, 3.8) is 0 Å². The van der Waals surface area contributed by atoms with Crippen molar-refractivity contribution < 1.29 is 4.74 Å². The van der Waals surface area contributed by atoms with Crippen molar-refractivity contribution in [1.82, 2.24) is 20.2 Å². The molecule has 2 saturated heterocycles. The Balaban J connectivity index is 1.61. The number of hydrogen-bond donors (Lipinski definition) is 1. The van der Waals surface area contributed by atoms with E-state index in [2.05, 4.69) is 31.2 Å². The molecular formula is C18H25N5O. The molecule has 1 atom stereocenters. The van der Waals surface area contributed by atoms with E-state index in [0.29, 0.717) is 11.3 Å². The summed E-state index contributed by atoms with van der Waals surface area (Å²) in [5.41, 5.74) is 2.54. The molecule has 0 bridgehead atoms. The highest BCUT2D eigenvalue weighted by molar-refractivity contribution is 5.94. The van der Waals surface area contributed by atoms with Crippen LogP contribution >= 0.6 is 0 Å². The molecule has 0 aliphatic carbocycles. The Morgan fingerprint density at radius 3 is 2.83 bits per heavy atom. The maximum atomic E-state index is 5.37. The average Bonchev–Trinajstić information content (AvgIpc) is 3.21. The molecule has 0 aromatic carbocycles. The fraction of sp³-hybridized carbons (Fsp3) is 0.556. The third kappa shape index (κ3) is 2.59. The Hall–Kier alpha value is -1.92. The monoisotopic (exact) mass is 327 g/mol. The molecule has 128 valence electrons. The molecule has 4 heterocycles. The topological polar surface area (TPSA) is 53.5 Å². The minimum atomic E-state index is 0.434. The first-order chi connectivity index (χ1) is 11.7. The number of nitrogens with zero attached hydrogens (tertiary/aromatic N) is 4. The highest BCUT2D eigenvalue weighted by atomic mass is 16.5. The number of aromatic nitrogens is 2. The molecule has 1 unspecified atom stereocenters. The summed E-state index contributed by atoms with van der Waals surface area (Å²) in [7, 11) is 3.67. The summed E-state index contributed by atoms with van der Waals surface area (Å²) < 4.78 is 5.37. The molecule has 4 rings (SSSR count). The minimum absolute atomic E-state index is 0.434. The van der Waals surface area contributed by atoms with E-state index in [-0.39, 0.29) is 0 Å². The van der Waals surface area contributed by atoms with Gasteiger partial charge in [0.15, 0.2) is 0 Å². The summed E-state index contributed by atoms with van der Waals surface area (Å²) in [6.45, 7) is 5.61. The molecule has 6 nitrogen and oxygen atoms in total. The van der Waals surface area contributed by atoms with Crippen molar-refractivity contribution in [2.75, 3.05) is 51.9 Å². The molecule has 1 N–H and O–H groups in total. The van der Waals surface area contributed by atoms with Crippen LogP contribution in [-0.2, 0) is 0 Å². The zero-order valence-corrected chi connectivity index (χ0v) is 14.5. The number of fused-ring (bicyclic) bond motifs is 1. The van der Waals surface area contributed by atoms with E-state index in [1.165, 1.54) is 31.6 Å². The van der Waals surface area contributed by atoms with E-state index in [4.69, 9.17) is 4.74 Å². The summed E-state index contributed by atoms with van der Waals surface area (Å²) in [6.07, 6.45) is 6.23. The lowest BCUT2D eigenvalue weighted by atomic mass is 9.86. The summed E-state index contributed by atoms with van der Waals surface area (Å²) in [6, 6.07) is 4.17. The Bertz CT molecular complexity index is 736. The third-order valence-electron chi connectivity index (χ3n) is 5.47. The molecule has 24 heavy (non-hydrogen) atoms. The number of rotatable bonds is 4. The van der Waals surface area contributed by atoms with E-state index in [1.54, 1.807) is 7.11 Å². The first-order valence-electron chi connectivity index (χ1n) is 8.64. The summed E-state index contributed by atoms with van der Waals surface area (Å²) in [5, 5.41) is 4.41. The lowest BCUT2D eigenvalue weighted by molar-refractivity contribution is 0.266. The van der Waals surface area contributed by atoms with Crippen LogP contribution < -0.4 is 15.0 Å². The Morgan fingerprint density at radius 1 is 1.17 bits per heavy atom. The van der Waals surface area contributed by atoms with Gasteiger partial charge in [-0.2, -0.15) is 0 Å². The standard InChI is InChI=1S/C18H25N5O/c1-19-13-22-9-5-18(11-22)6-10-23(12-18)15-4-8-20-16-14(15)3-7-21-17(16)24-2/h3-4,7-8,19H,5-6,9-13H2,1-2H3. The van der Waals surface area contributed by atoms with Gasteiger partial charge in [0.25, 0.3) is 0 Å². The van der Waals surface area contributed by atoms with Gasteiger partial charge in [-0.3, -0.25) is 9.88 Å². The SMILES string of the molecule is CNCN1CCC2(CCN(c3ccnc4c(OC)nccc34)C2)C1. The van der Waals surface area contributed by atoms with Gasteiger partial charge in [0.2, 0.25) is 5.88 Å². The molecule has 2 aliphatic rings. The van der Waals surface area contributed by atoms with Crippen molar-refractivity contribution in [3.05, 3.63) is 24.5 Å². The minimum Gasteiger partial charge on any atom is -0.479 e. The Labute approximate surface area is 142 Å². The van der Waals surface area contributed by atoms with Crippen molar-refractivity contribution >= 4 is 16.6 Å². The number of pyridine rings is 2. The lowest BCUT2D eigenvalue weighted by Gasteiger charge is -2.26. The fourth-order valence-corrected chi connectivity index (χ4v) is 4.32. The quantitative estimate of drug-likeness (QED) is 0.923. The molecule has 1 spiro atoms. The van der Waals surface area contributed by atoms with Crippen LogP contribution in [0.2, 0.25) is 0 Å². The van der Waals surface area contributed by atoms with Crippen molar-refractivity contribution in [1.29, 1.82) is 0 Å². The van der Waals surface area contributed by atoms with E-state index in [9.17, 15) is 0 Å². The second-order valence-corrected chi connectivity index (χ2v) is 7.03. The molecule has 2 aromatic heterocycles. The maximum Gasteiger partial charge on any atom is 0.240 e. The average molecular weight is 327 g/mol. The van der Waals surface area contributed by atoms with Crippen LogP contribution in [0, 0.1) is 5.41 Å². The van der Waals surface area contributed by atoms with Gasteiger partial charge in [0.1, 0.15) is 5.52 Å². The van der Waals surface area contributed by atoms with E-state index >= 15 is 0 Å². The number of methoxy groups -OCH3 is 1. The van der Waals surface area contributed by atoms with Crippen LogP contribution in [-0.4, -0.2) is 61.9 Å². The second-order valence-electron chi connectivity index (χ2n) is 7.03. The first-order valence-corrected chi connectivity index (χ1v) is 8.64. The molecule has 6 heteroatoms. The largest absolute Gasteiger partial charge is 0.479 e. The van der Waals surface area contributed by atoms with Crippen molar-refractivity contribution in [2.45, 2.75) is 12.8 Å². The number of hydrogen-bond acceptors (Lipinski definition) is 6. The molecule has 0 saturated carbocycles. The van der Waals surface area contributed by atoms with Gasteiger partial charge in [-0.15, -0.1) is 0 Å². The van der Waals surface area contributed by atoms with Crippen LogP contribution in [0.4, 0.5) is 5.69 Å². The van der Waals surface area contributed by atoms with E-state index in [0.717, 1.165) is 30.7 Å². The summed E-state index contributed by atoms with van der Waals surface area (Å²) in [4.78, 5) is 13.8. The number of ether oxygens (including phenoxy) is 1. The van der Waals surface area contributed by atoms with Crippen molar-refractivity contribution in [3.8, 4) is 5.88 Å². The smallest absolute Gasteiger partial charge is 0.240 e. The van der Waals surface area contributed by atoms with Crippen molar-refractivity contribution in [2.24, 2.45) is 5.41 Å². The maximum absolute atomic E-state index is 5.37. The van der Waals surface area contributed by atoms with Gasteiger partial charge < -0.3 is 15.0 Å². The molecule has 2 fully saturated rings. The molecule has 0 radical (unpaired) electrons. The lowest BCUT2D eigenvalue weighted by Crippen LogP contribution is -2.34. The van der Waals surface area contributed by atoms with Gasteiger partial charge >= 0.3 is 0 Å². The van der Waals surface area contributed by atoms with Gasteiger partial charge in [0.05, 0.1) is 7.11 Å². The fourth-order valence-electron chi connectivity index (χ4n) is 4.32. The second kappa shape index (κ2) is 6.18. The van der Waals surface area contributed by atoms with Crippen LogP contribution in [0.5, 0.6) is 5.88 Å². The predicted molar refractivity (Wildman–Crippen MR) is 95.5 cm³/mol. The molecule has 2 aliphatic heterocycles. The van der Waals surface area contributed by atoms with E-state index in [1.807, 2.05) is 25.5 Å². The summed E-state index contributed by atoms with van der Waals surface area (Å²) in [5.74, 6) is 0.601. The molecular weight excluding hydrogens is 302 g/mol. The number of anilines is 1. The Morgan fingerprint density at radius 2 is 2.00 bits per heavy atom. The highest BCUT2D eigenvalue weighted by Gasteiger charge is 2.43. The van der Waals surface area contributed by atoms with Gasteiger partial charge in [0, 0.05) is 61.7 Å². The number of likely N-dealkylation sites (tertiary alicyclic amines) is 1. The Kier molecular flexibility index (Phi) is 4.02. The van der Waals surface area contributed by atoms with Gasteiger partial charge in [-0.1, -0.05) is 0 Å². The first kappa shape index (κ1) is 15.6. The summed E-state index contributed by atoms with van der Waals surface area (Å²) >= 11 is 0. The predicted octanol–water partition coefficient (Wildman–Crippen LogP) is 1.72. The van der Waals surface area contributed by atoms with Crippen LogP contribution in [0.25, 0.3) is 10.9 Å². The van der Waals surface area contributed by atoms with Gasteiger partial charge in [-0.25, -0.2) is 4.98 Å². The normalized spacial score (nSPS) is 24.3. The van der Waals surface area contributed by atoms with Crippen LogP contribution in [0.15, 0.2) is 24.5 Å². The zero-order chi connectivity index (χ0) is 16.6. The molecule has 0 amide bonds. The zero-order valence-electron chi connectivity index (χ0n) is 14.5. The van der Waals surface area contributed by atoms with Crippen LogP contribution in [0.3, 0.4) is 0 Å². The van der Waals surface area contributed by atoms with Crippen LogP contribution in [0.1, 0.15) is 12.8 Å². The molecule has 2 aromatic rings. The van der Waals surface area contributed by atoms with Gasteiger partial charge in [-0.05, 0) is 32.0 Å². The van der Waals surface area contributed by atoms with E-state index < -0.39 is 0 Å².